The predicted molar refractivity (Wildman–Crippen MR) is 147 cm³/mol. The maximum absolute atomic E-state index is 14.0. The van der Waals surface area contributed by atoms with Gasteiger partial charge in [-0.2, -0.15) is 0 Å². The van der Waals surface area contributed by atoms with Gasteiger partial charge in [-0.05, 0) is 66.8 Å². The molecule has 0 unspecified atom stereocenters. The number of rotatable bonds is 7. The molecular formula is C30H39BrO3. The van der Waals surface area contributed by atoms with Crippen molar-refractivity contribution in [2.75, 3.05) is 7.11 Å². The van der Waals surface area contributed by atoms with Crippen LogP contribution >= 0.6 is 15.9 Å². The van der Waals surface area contributed by atoms with Crippen LogP contribution < -0.4 is 9.47 Å². The minimum atomic E-state index is -0.366. The first-order chi connectivity index (χ1) is 15.6. The highest BCUT2D eigenvalue weighted by Crippen LogP contribution is 2.43. The number of allylic oxidation sites excluding steroid dienone is 2. The van der Waals surface area contributed by atoms with Crippen LogP contribution in [-0.4, -0.2) is 13.1 Å². The van der Waals surface area contributed by atoms with E-state index in [-0.39, 0.29) is 16.8 Å². The normalized spacial score (nSPS) is 11.8. The molecule has 0 aliphatic heterocycles. The standard InChI is InChI=1S/C30H39BrO3/c1-18(2)14-20-12-13-25(31)22(15-19(3)4)26(20)28(32)34-27-23(29(5,6)7)16-21(33-11)17-24(27)30(8,9)10/h12-13,16-17H,1,3,14-15H2,2,4-11H3. The first-order valence-corrected chi connectivity index (χ1v) is 12.4. The molecule has 0 heterocycles. The molecule has 3 nitrogen and oxygen atoms in total. The lowest BCUT2D eigenvalue weighted by molar-refractivity contribution is 0.0726. The third-order valence-corrected chi connectivity index (χ3v) is 6.37. The summed E-state index contributed by atoms with van der Waals surface area (Å²) < 4.78 is 12.8. The lowest BCUT2D eigenvalue weighted by Gasteiger charge is -2.30. The lowest BCUT2D eigenvalue weighted by Crippen LogP contribution is -2.23. The van der Waals surface area contributed by atoms with E-state index in [0.29, 0.717) is 24.2 Å². The molecule has 0 aliphatic carbocycles. The van der Waals surface area contributed by atoms with Crippen molar-refractivity contribution in [2.24, 2.45) is 0 Å². The van der Waals surface area contributed by atoms with E-state index in [4.69, 9.17) is 9.47 Å². The Morgan fingerprint density at radius 2 is 1.41 bits per heavy atom. The number of methoxy groups -OCH3 is 1. The molecule has 4 heteroatoms. The summed E-state index contributed by atoms with van der Waals surface area (Å²) in [6.45, 7) is 24.8. The average molecular weight is 528 g/mol. The highest BCUT2D eigenvalue weighted by Gasteiger charge is 2.31. The molecule has 0 N–H and O–H groups in total. The Hall–Kier alpha value is -2.33. The van der Waals surface area contributed by atoms with Gasteiger partial charge in [0.15, 0.2) is 0 Å². The molecule has 0 fully saturated rings. The largest absolute Gasteiger partial charge is 0.497 e. The fraction of sp³-hybridized carbons (Fsp3) is 0.433. The summed E-state index contributed by atoms with van der Waals surface area (Å²) in [6, 6.07) is 7.91. The number of benzene rings is 2. The second kappa shape index (κ2) is 10.5. The zero-order chi connectivity index (χ0) is 26.0. The summed E-state index contributed by atoms with van der Waals surface area (Å²) in [5.74, 6) is 0.992. The SMILES string of the molecule is C=C(C)Cc1ccc(Br)c(CC(=C)C)c1C(=O)Oc1c(C(C)(C)C)cc(OC)cc1C(C)(C)C. The maximum Gasteiger partial charge on any atom is 0.344 e. The molecule has 0 saturated heterocycles. The summed E-state index contributed by atoms with van der Waals surface area (Å²) in [6.07, 6.45) is 1.18. The third kappa shape index (κ3) is 6.63. The Balaban J connectivity index is 2.80. The van der Waals surface area contributed by atoms with Crippen LogP contribution in [0.4, 0.5) is 0 Å². The number of hydrogen-bond donors (Lipinski definition) is 0. The molecule has 0 spiro atoms. The van der Waals surface area contributed by atoms with Gasteiger partial charge >= 0.3 is 5.97 Å². The van der Waals surface area contributed by atoms with Crippen LogP contribution in [0.5, 0.6) is 11.5 Å². The van der Waals surface area contributed by atoms with Gasteiger partial charge in [-0.25, -0.2) is 4.79 Å². The highest BCUT2D eigenvalue weighted by atomic mass is 79.9. The molecule has 184 valence electrons. The Morgan fingerprint density at radius 3 is 1.82 bits per heavy atom. The Morgan fingerprint density at radius 1 is 0.912 bits per heavy atom. The molecular weight excluding hydrogens is 488 g/mol. The van der Waals surface area contributed by atoms with E-state index in [2.05, 4.69) is 70.6 Å². The summed E-state index contributed by atoms with van der Waals surface area (Å²) in [7, 11) is 1.66. The first-order valence-electron chi connectivity index (χ1n) is 11.6. The molecule has 0 aliphatic rings. The van der Waals surface area contributed by atoms with Gasteiger partial charge in [0.1, 0.15) is 11.5 Å². The topological polar surface area (TPSA) is 35.5 Å². The Labute approximate surface area is 214 Å². The average Bonchev–Trinajstić information content (AvgIpc) is 2.68. The quantitative estimate of drug-likeness (QED) is 0.206. The van der Waals surface area contributed by atoms with Gasteiger partial charge in [0.25, 0.3) is 0 Å². The van der Waals surface area contributed by atoms with E-state index in [1.54, 1.807) is 7.11 Å². The summed E-state index contributed by atoms with van der Waals surface area (Å²) >= 11 is 3.65. The van der Waals surface area contributed by atoms with E-state index in [1.165, 1.54) is 0 Å². The molecule has 0 atom stereocenters. The Bertz CT molecular complexity index is 1080. The van der Waals surface area contributed by atoms with Gasteiger partial charge < -0.3 is 9.47 Å². The molecule has 2 aromatic rings. The molecule has 34 heavy (non-hydrogen) atoms. The molecule has 0 radical (unpaired) electrons. The molecule has 0 amide bonds. The molecule has 0 bridgehead atoms. The van der Waals surface area contributed by atoms with Crippen molar-refractivity contribution in [3.05, 3.63) is 80.9 Å². The summed E-state index contributed by atoms with van der Waals surface area (Å²) in [5.41, 5.74) is 5.66. The summed E-state index contributed by atoms with van der Waals surface area (Å²) in [5, 5.41) is 0. The van der Waals surface area contributed by atoms with Crippen molar-refractivity contribution in [3.8, 4) is 11.5 Å². The first kappa shape index (κ1) is 27.9. The predicted octanol–water partition coefficient (Wildman–Crippen LogP) is 8.51. The second-order valence-electron chi connectivity index (χ2n) is 11.3. The number of hydrogen-bond acceptors (Lipinski definition) is 3. The maximum atomic E-state index is 14.0. The minimum absolute atomic E-state index is 0.261. The number of esters is 1. The van der Waals surface area contributed by atoms with Crippen LogP contribution in [0.25, 0.3) is 0 Å². The van der Waals surface area contributed by atoms with Gasteiger partial charge in [-0.15, -0.1) is 0 Å². The molecule has 2 rings (SSSR count). The van der Waals surface area contributed by atoms with Crippen LogP contribution in [0.1, 0.15) is 88.0 Å². The van der Waals surface area contributed by atoms with Crippen molar-refractivity contribution in [1.29, 1.82) is 0 Å². The zero-order valence-electron chi connectivity index (χ0n) is 22.2. The van der Waals surface area contributed by atoms with Gasteiger partial charge in [0.05, 0.1) is 12.7 Å². The van der Waals surface area contributed by atoms with E-state index < -0.39 is 0 Å². The van der Waals surface area contributed by atoms with E-state index in [1.807, 2.05) is 38.1 Å². The van der Waals surface area contributed by atoms with Crippen LogP contribution in [-0.2, 0) is 23.7 Å². The fourth-order valence-corrected chi connectivity index (χ4v) is 4.43. The van der Waals surface area contributed by atoms with Gasteiger partial charge in [-0.3, -0.25) is 0 Å². The van der Waals surface area contributed by atoms with Crippen LogP contribution in [0.15, 0.2) is 53.0 Å². The third-order valence-electron chi connectivity index (χ3n) is 5.63. The summed E-state index contributed by atoms with van der Waals surface area (Å²) in [4.78, 5) is 14.0. The minimum Gasteiger partial charge on any atom is -0.497 e. The molecule has 0 saturated carbocycles. The second-order valence-corrected chi connectivity index (χ2v) is 12.1. The highest BCUT2D eigenvalue weighted by molar-refractivity contribution is 9.10. The van der Waals surface area contributed by atoms with Crippen LogP contribution in [0.3, 0.4) is 0 Å². The van der Waals surface area contributed by atoms with Crippen LogP contribution in [0.2, 0.25) is 0 Å². The van der Waals surface area contributed by atoms with Crippen molar-refractivity contribution < 1.29 is 14.3 Å². The van der Waals surface area contributed by atoms with Crippen LogP contribution in [0, 0.1) is 0 Å². The van der Waals surface area contributed by atoms with Gasteiger partial charge in [0, 0.05) is 15.6 Å². The van der Waals surface area contributed by atoms with E-state index in [9.17, 15) is 4.79 Å². The lowest BCUT2D eigenvalue weighted by atomic mass is 9.79. The zero-order valence-corrected chi connectivity index (χ0v) is 23.8. The number of carbonyl (C=O) groups is 1. The van der Waals surface area contributed by atoms with Gasteiger partial charge in [-0.1, -0.05) is 87.8 Å². The number of carbonyl (C=O) groups excluding carboxylic acids is 1. The fourth-order valence-electron chi connectivity index (χ4n) is 3.96. The van der Waals surface area contributed by atoms with Crippen molar-refractivity contribution in [2.45, 2.75) is 79.1 Å². The van der Waals surface area contributed by atoms with Crippen molar-refractivity contribution in [3.63, 3.8) is 0 Å². The smallest absolute Gasteiger partial charge is 0.344 e. The van der Waals surface area contributed by atoms with E-state index >= 15 is 0 Å². The van der Waals surface area contributed by atoms with E-state index in [0.717, 1.165) is 43.6 Å². The van der Waals surface area contributed by atoms with Gasteiger partial charge in [0.2, 0.25) is 0 Å². The van der Waals surface area contributed by atoms with Crippen molar-refractivity contribution >= 4 is 21.9 Å². The number of ether oxygens (including phenoxy) is 2. The Kier molecular flexibility index (Phi) is 8.63. The van der Waals surface area contributed by atoms with Crippen molar-refractivity contribution in [1.82, 2.24) is 0 Å². The molecule has 0 aromatic heterocycles. The monoisotopic (exact) mass is 526 g/mol. The number of halogens is 1. The molecule has 2 aromatic carbocycles.